The van der Waals surface area contributed by atoms with Crippen molar-refractivity contribution in [2.24, 2.45) is 0 Å². The van der Waals surface area contributed by atoms with Crippen molar-refractivity contribution in [3.05, 3.63) is 36.5 Å². The highest BCUT2D eigenvalue weighted by molar-refractivity contribution is 5.79. The van der Waals surface area contributed by atoms with Crippen molar-refractivity contribution < 1.29 is 9.47 Å². The van der Waals surface area contributed by atoms with Gasteiger partial charge < -0.3 is 9.47 Å². The highest BCUT2D eigenvalue weighted by Gasteiger charge is 2.10. The molecule has 0 N–H and O–H groups in total. The molecule has 19 heavy (non-hydrogen) atoms. The van der Waals surface area contributed by atoms with Crippen molar-refractivity contribution in [1.82, 2.24) is 19.7 Å². The van der Waals surface area contributed by atoms with Gasteiger partial charge in [-0.25, -0.2) is 0 Å². The molecule has 2 heterocycles. The van der Waals surface area contributed by atoms with E-state index in [-0.39, 0.29) is 0 Å². The van der Waals surface area contributed by atoms with Crippen LogP contribution in [-0.4, -0.2) is 34.0 Å². The maximum atomic E-state index is 5.14. The van der Waals surface area contributed by atoms with Crippen molar-refractivity contribution >= 4 is 10.9 Å². The predicted octanol–water partition coefficient (Wildman–Crippen LogP) is 1.83. The zero-order valence-corrected chi connectivity index (χ0v) is 10.6. The number of para-hydroxylation sites is 1. The Morgan fingerprint density at radius 3 is 2.37 bits per heavy atom. The molecule has 0 saturated carbocycles. The van der Waals surface area contributed by atoms with E-state index in [4.69, 9.17) is 9.47 Å². The Bertz CT molecular complexity index is 701. The van der Waals surface area contributed by atoms with Gasteiger partial charge in [0.1, 0.15) is 0 Å². The van der Waals surface area contributed by atoms with E-state index in [1.165, 1.54) is 0 Å². The number of rotatable bonds is 3. The third-order valence-electron chi connectivity index (χ3n) is 2.75. The second-order valence-corrected chi connectivity index (χ2v) is 3.87. The fraction of sp³-hybridized carbons (Fsp3) is 0.154. The number of ether oxygens (including phenoxy) is 2. The van der Waals surface area contributed by atoms with Gasteiger partial charge >= 0.3 is 0 Å². The molecule has 0 amide bonds. The van der Waals surface area contributed by atoms with Gasteiger partial charge in [0, 0.05) is 5.39 Å². The normalized spacial score (nSPS) is 10.6. The van der Waals surface area contributed by atoms with E-state index in [1.807, 2.05) is 24.3 Å². The monoisotopic (exact) mass is 256 g/mol. The van der Waals surface area contributed by atoms with E-state index in [2.05, 4.69) is 15.1 Å². The zero-order valence-electron chi connectivity index (χ0n) is 10.6. The first-order chi connectivity index (χ1) is 9.31. The zero-order chi connectivity index (χ0) is 13.2. The lowest BCUT2D eigenvalue weighted by atomic mass is 10.3. The summed E-state index contributed by atoms with van der Waals surface area (Å²) in [6.45, 7) is 0. The molecule has 0 unspecified atom stereocenters. The largest absolute Gasteiger partial charge is 0.481 e. The minimum atomic E-state index is 0.414. The van der Waals surface area contributed by atoms with E-state index < -0.39 is 0 Å². The number of nitrogens with zero attached hydrogens (tertiary/aromatic N) is 4. The topological polar surface area (TPSA) is 62.1 Å². The minimum absolute atomic E-state index is 0.414. The highest BCUT2D eigenvalue weighted by Crippen LogP contribution is 2.20. The third-order valence-corrected chi connectivity index (χ3v) is 2.75. The molecule has 0 radical (unpaired) electrons. The molecule has 0 atom stereocenters. The Hall–Kier alpha value is -2.63. The summed E-state index contributed by atoms with van der Waals surface area (Å²) >= 11 is 0. The first-order valence-electron chi connectivity index (χ1n) is 5.72. The summed E-state index contributed by atoms with van der Waals surface area (Å²) in [5, 5.41) is 5.32. The summed E-state index contributed by atoms with van der Waals surface area (Å²) < 4.78 is 11.9. The van der Waals surface area contributed by atoms with Crippen LogP contribution < -0.4 is 9.47 Å². The predicted molar refractivity (Wildman–Crippen MR) is 69.8 cm³/mol. The molecule has 0 spiro atoms. The van der Waals surface area contributed by atoms with Gasteiger partial charge in [0.15, 0.2) is 0 Å². The van der Waals surface area contributed by atoms with Crippen LogP contribution >= 0.6 is 0 Å². The second kappa shape index (κ2) is 4.56. The molecule has 3 aromatic rings. The molecular formula is C13H12N4O2. The smallest absolute Gasteiger partial charge is 0.257 e. The summed E-state index contributed by atoms with van der Waals surface area (Å²) in [6, 6.07) is 9.46. The van der Waals surface area contributed by atoms with Gasteiger partial charge in [-0.05, 0) is 6.07 Å². The maximum Gasteiger partial charge on any atom is 0.257 e. The van der Waals surface area contributed by atoms with Crippen LogP contribution in [0, 0.1) is 0 Å². The van der Waals surface area contributed by atoms with Crippen LogP contribution in [0.25, 0.3) is 16.9 Å². The molecule has 0 aliphatic rings. The average molecular weight is 256 g/mol. The van der Waals surface area contributed by atoms with Gasteiger partial charge in [0.05, 0.1) is 32.0 Å². The van der Waals surface area contributed by atoms with Crippen LogP contribution in [0.5, 0.6) is 11.8 Å². The second-order valence-electron chi connectivity index (χ2n) is 3.87. The fourth-order valence-electron chi connectivity index (χ4n) is 1.83. The van der Waals surface area contributed by atoms with Crippen LogP contribution in [-0.2, 0) is 0 Å². The molecule has 6 heteroatoms. The van der Waals surface area contributed by atoms with Crippen molar-refractivity contribution in [1.29, 1.82) is 0 Å². The molecule has 0 saturated heterocycles. The molecular weight excluding hydrogens is 244 g/mol. The first kappa shape index (κ1) is 11.5. The maximum absolute atomic E-state index is 5.14. The molecule has 96 valence electrons. The Labute approximate surface area is 109 Å². The van der Waals surface area contributed by atoms with Crippen LogP contribution in [0.15, 0.2) is 36.5 Å². The molecule has 0 fully saturated rings. The summed E-state index contributed by atoms with van der Waals surface area (Å²) in [4.78, 5) is 8.56. The lowest BCUT2D eigenvalue weighted by Crippen LogP contribution is -2.05. The summed E-state index contributed by atoms with van der Waals surface area (Å²) in [5.74, 6) is 1.28. The molecule has 0 aliphatic carbocycles. The Kier molecular flexibility index (Phi) is 2.75. The van der Waals surface area contributed by atoms with Crippen molar-refractivity contribution in [3.63, 3.8) is 0 Å². The molecule has 0 aliphatic heterocycles. The molecule has 1 aromatic carbocycles. The Balaban J connectivity index is 2.20. The number of hydrogen-bond acceptors (Lipinski definition) is 5. The van der Waals surface area contributed by atoms with Crippen LogP contribution in [0.2, 0.25) is 0 Å². The molecule has 0 bridgehead atoms. The average Bonchev–Trinajstić information content (AvgIpc) is 2.90. The quantitative estimate of drug-likeness (QED) is 0.715. The van der Waals surface area contributed by atoms with E-state index in [0.717, 1.165) is 10.9 Å². The first-order valence-corrected chi connectivity index (χ1v) is 5.72. The SMILES string of the molecule is COc1cc(OC)nc(-n2ncc3ccccc32)n1. The summed E-state index contributed by atoms with van der Waals surface area (Å²) in [6.07, 6.45) is 1.77. The lowest BCUT2D eigenvalue weighted by molar-refractivity contribution is 0.370. The van der Waals surface area contributed by atoms with E-state index in [0.29, 0.717) is 17.7 Å². The Morgan fingerprint density at radius 2 is 1.68 bits per heavy atom. The van der Waals surface area contributed by atoms with Crippen molar-refractivity contribution in [2.75, 3.05) is 14.2 Å². The number of benzene rings is 1. The standard InChI is InChI=1S/C13H12N4O2/c1-18-11-7-12(19-2)16-13(15-11)17-10-6-4-3-5-9(10)8-14-17/h3-8H,1-2H3. The number of methoxy groups -OCH3 is 2. The number of aromatic nitrogens is 4. The Morgan fingerprint density at radius 1 is 1.00 bits per heavy atom. The van der Waals surface area contributed by atoms with Crippen molar-refractivity contribution in [2.45, 2.75) is 0 Å². The lowest BCUT2D eigenvalue weighted by Gasteiger charge is -2.06. The van der Waals surface area contributed by atoms with Crippen LogP contribution in [0.3, 0.4) is 0 Å². The molecule has 6 nitrogen and oxygen atoms in total. The highest BCUT2D eigenvalue weighted by atomic mass is 16.5. The fourth-order valence-corrected chi connectivity index (χ4v) is 1.83. The molecule has 3 rings (SSSR count). The van der Waals surface area contributed by atoms with Gasteiger partial charge in [-0.1, -0.05) is 18.2 Å². The minimum Gasteiger partial charge on any atom is -0.481 e. The van der Waals surface area contributed by atoms with Gasteiger partial charge in [-0.3, -0.25) is 0 Å². The van der Waals surface area contributed by atoms with Crippen LogP contribution in [0.1, 0.15) is 0 Å². The van der Waals surface area contributed by atoms with Gasteiger partial charge in [-0.2, -0.15) is 19.7 Å². The van der Waals surface area contributed by atoms with E-state index >= 15 is 0 Å². The third kappa shape index (κ3) is 1.97. The van der Waals surface area contributed by atoms with Crippen LogP contribution in [0.4, 0.5) is 0 Å². The van der Waals surface area contributed by atoms with Crippen molar-refractivity contribution in [3.8, 4) is 17.7 Å². The van der Waals surface area contributed by atoms with E-state index in [9.17, 15) is 0 Å². The summed E-state index contributed by atoms with van der Waals surface area (Å²) in [7, 11) is 3.10. The van der Waals surface area contributed by atoms with Gasteiger partial charge in [0.25, 0.3) is 5.95 Å². The molecule has 2 aromatic heterocycles. The number of fused-ring (bicyclic) bond motifs is 1. The number of hydrogen-bond donors (Lipinski definition) is 0. The summed E-state index contributed by atoms with van der Waals surface area (Å²) in [5.41, 5.74) is 0.929. The van der Waals surface area contributed by atoms with Gasteiger partial charge in [-0.15, -0.1) is 0 Å². The van der Waals surface area contributed by atoms with E-state index in [1.54, 1.807) is 31.2 Å². The van der Waals surface area contributed by atoms with Gasteiger partial charge in [0.2, 0.25) is 11.8 Å².